The molecule has 0 aliphatic carbocycles. The van der Waals surface area contributed by atoms with E-state index in [2.05, 4.69) is 11.8 Å². The summed E-state index contributed by atoms with van der Waals surface area (Å²) in [5.41, 5.74) is 5.97. The fourth-order valence-electron chi connectivity index (χ4n) is 2.79. The van der Waals surface area contributed by atoms with Crippen LogP contribution in [0.2, 0.25) is 0 Å². The van der Waals surface area contributed by atoms with Crippen molar-refractivity contribution in [2.75, 3.05) is 19.8 Å². The molecule has 0 aromatic carbocycles. The van der Waals surface area contributed by atoms with Gasteiger partial charge in [0.2, 0.25) is 0 Å². The number of hydrogen-bond donors (Lipinski definition) is 1. The highest BCUT2D eigenvalue weighted by molar-refractivity contribution is 4.86. The standard InChI is InChI=1S/C11H22N2O/c1-9-8-10(12)2-5-13(9)11-3-6-14-7-4-11/h9-11H,2-8,12H2,1H3/t9-,10+/m0/s1. The van der Waals surface area contributed by atoms with Gasteiger partial charge in [0.25, 0.3) is 0 Å². The van der Waals surface area contributed by atoms with Gasteiger partial charge in [-0.25, -0.2) is 0 Å². The number of hydrogen-bond acceptors (Lipinski definition) is 3. The number of likely N-dealkylation sites (tertiary alicyclic amines) is 1. The normalized spacial score (nSPS) is 37.3. The summed E-state index contributed by atoms with van der Waals surface area (Å²) in [4.78, 5) is 2.64. The molecule has 2 N–H and O–H groups in total. The Morgan fingerprint density at radius 2 is 1.93 bits per heavy atom. The lowest BCUT2D eigenvalue weighted by Gasteiger charge is -2.43. The van der Waals surface area contributed by atoms with Crippen LogP contribution in [0.25, 0.3) is 0 Å². The van der Waals surface area contributed by atoms with E-state index in [1.165, 1.54) is 25.8 Å². The third kappa shape index (κ3) is 2.27. The predicted octanol–water partition coefficient (Wildman–Crippen LogP) is 0.977. The Labute approximate surface area is 86.6 Å². The zero-order chi connectivity index (χ0) is 9.97. The SMILES string of the molecule is C[C@H]1C[C@H](N)CCN1C1CCOCC1. The van der Waals surface area contributed by atoms with Gasteiger partial charge in [0.05, 0.1) is 0 Å². The molecule has 82 valence electrons. The van der Waals surface area contributed by atoms with Crippen molar-refractivity contribution in [3.05, 3.63) is 0 Å². The zero-order valence-corrected chi connectivity index (χ0v) is 9.11. The summed E-state index contributed by atoms with van der Waals surface area (Å²) in [5, 5.41) is 0. The van der Waals surface area contributed by atoms with Gasteiger partial charge in [0, 0.05) is 37.9 Å². The minimum Gasteiger partial charge on any atom is -0.381 e. The van der Waals surface area contributed by atoms with Crippen LogP contribution in [0.5, 0.6) is 0 Å². The van der Waals surface area contributed by atoms with Crippen LogP contribution in [-0.2, 0) is 4.74 Å². The van der Waals surface area contributed by atoms with Crippen molar-refractivity contribution in [1.82, 2.24) is 4.90 Å². The Hall–Kier alpha value is -0.120. The van der Waals surface area contributed by atoms with Crippen LogP contribution in [-0.4, -0.2) is 42.8 Å². The van der Waals surface area contributed by atoms with Gasteiger partial charge in [-0.2, -0.15) is 0 Å². The van der Waals surface area contributed by atoms with Crippen LogP contribution in [0.15, 0.2) is 0 Å². The molecular weight excluding hydrogens is 176 g/mol. The molecule has 0 amide bonds. The zero-order valence-electron chi connectivity index (χ0n) is 9.11. The van der Waals surface area contributed by atoms with E-state index in [4.69, 9.17) is 10.5 Å². The van der Waals surface area contributed by atoms with Gasteiger partial charge in [-0.3, -0.25) is 4.90 Å². The van der Waals surface area contributed by atoms with E-state index in [-0.39, 0.29) is 0 Å². The molecule has 0 aromatic heterocycles. The third-order valence-corrected chi connectivity index (χ3v) is 3.63. The fraction of sp³-hybridized carbons (Fsp3) is 1.00. The first-order valence-corrected chi connectivity index (χ1v) is 5.86. The topological polar surface area (TPSA) is 38.5 Å². The first-order chi connectivity index (χ1) is 6.77. The summed E-state index contributed by atoms with van der Waals surface area (Å²) >= 11 is 0. The lowest BCUT2D eigenvalue weighted by atomic mass is 9.95. The molecule has 2 aliphatic rings. The summed E-state index contributed by atoms with van der Waals surface area (Å²) in [7, 11) is 0. The van der Waals surface area contributed by atoms with Crippen LogP contribution >= 0.6 is 0 Å². The minimum absolute atomic E-state index is 0.432. The summed E-state index contributed by atoms with van der Waals surface area (Å²) in [5.74, 6) is 0. The predicted molar refractivity (Wildman–Crippen MR) is 57.2 cm³/mol. The smallest absolute Gasteiger partial charge is 0.0480 e. The number of nitrogens with zero attached hydrogens (tertiary/aromatic N) is 1. The molecule has 0 unspecified atom stereocenters. The van der Waals surface area contributed by atoms with Gasteiger partial charge < -0.3 is 10.5 Å². The minimum atomic E-state index is 0.432. The highest BCUT2D eigenvalue weighted by Gasteiger charge is 2.29. The first-order valence-electron chi connectivity index (χ1n) is 5.86. The van der Waals surface area contributed by atoms with Crippen molar-refractivity contribution in [1.29, 1.82) is 0 Å². The highest BCUT2D eigenvalue weighted by Crippen LogP contribution is 2.23. The quantitative estimate of drug-likeness (QED) is 0.682. The van der Waals surface area contributed by atoms with Crippen molar-refractivity contribution < 1.29 is 4.74 Å². The molecule has 3 nitrogen and oxygen atoms in total. The summed E-state index contributed by atoms with van der Waals surface area (Å²) in [6, 6.07) is 1.86. The second-order valence-electron chi connectivity index (χ2n) is 4.71. The molecule has 2 saturated heterocycles. The molecule has 2 atom stereocenters. The Balaban J connectivity index is 1.89. The second kappa shape index (κ2) is 4.60. The van der Waals surface area contributed by atoms with Crippen LogP contribution in [0.1, 0.15) is 32.6 Å². The number of piperidine rings is 1. The van der Waals surface area contributed by atoms with E-state index < -0.39 is 0 Å². The van der Waals surface area contributed by atoms with Crippen molar-refractivity contribution in [2.24, 2.45) is 5.73 Å². The average Bonchev–Trinajstić information content (AvgIpc) is 2.19. The molecule has 0 aromatic rings. The molecule has 14 heavy (non-hydrogen) atoms. The van der Waals surface area contributed by atoms with Gasteiger partial charge >= 0.3 is 0 Å². The lowest BCUT2D eigenvalue weighted by Crippen LogP contribution is -2.51. The maximum atomic E-state index is 5.97. The van der Waals surface area contributed by atoms with E-state index >= 15 is 0 Å². The monoisotopic (exact) mass is 198 g/mol. The van der Waals surface area contributed by atoms with E-state index in [0.29, 0.717) is 12.1 Å². The van der Waals surface area contributed by atoms with E-state index in [9.17, 15) is 0 Å². The van der Waals surface area contributed by atoms with Crippen molar-refractivity contribution in [3.63, 3.8) is 0 Å². The lowest BCUT2D eigenvalue weighted by molar-refractivity contribution is 0.00610. The van der Waals surface area contributed by atoms with Crippen LogP contribution < -0.4 is 5.73 Å². The first kappa shape index (κ1) is 10.4. The van der Waals surface area contributed by atoms with Crippen LogP contribution in [0, 0.1) is 0 Å². The summed E-state index contributed by atoms with van der Waals surface area (Å²) in [6.45, 7) is 5.39. The van der Waals surface area contributed by atoms with Crippen LogP contribution in [0.3, 0.4) is 0 Å². The van der Waals surface area contributed by atoms with Crippen LogP contribution in [0.4, 0.5) is 0 Å². The molecule has 2 heterocycles. The van der Waals surface area contributed by atoms with Gasteiger partial charge in [-0.15, -0.1) is 0 Å². The van der Waals surface area contributed by atoms with E-state index in [1.807, 2.05) is 0 Å². The molecule has 2 aliphatic heterocycles. The Morgan fingerprint density at radius 3 is 2.57 bits per heavy atom. The van der Waals surface area contributed by atoms with E-state index in [1.54, 1.807) is 0 Å². The Kier molecular flexibility index (Phi) is 3.42. The highest BCUT2D eigenvalue weighted by atomic mass is 16.5. The Bertz CT molecular complexity index is 180. The molecule has 0 bridgehead atoms. The molecule has 2 rings (SSSR count). The van der Waals surface area contributed by atoms with Crippen molar-refractivity contribution in [3.8, 4) is 0 Å². The second-order valence-corrected chi connectivity index (χ2v) is 4.71. The molecule has 0 spiro atoms. The number of rotatable bonds is 1. The fourth-order valence-corrected chi connectivity index (χ4v) is 2.79. The van der Waals surface area contributed by atoms with Gasteiger partial charge in [0.1, 0.15) is 0 Å². The Morgan fingerprint density at radius 1 is 1.21 bits per heavy atom. The molecule has 0 saturated carbocycles. The number of ether oxygens (including phenoxy) is 1. The van der Waals surface area contributed by atoms with Gasteiger partial charge in [-0.05, 0) is 32.6 Å². The maximum Gasteiger partial charge on any atom is 0.0480 e. The molecule has 2 fully saturated rings. The van der Waals surface area contributed by atoms with Gasteiger partial charge in [-0.1, -0.05) is 0 Å². The number of nitrogens with two attached hydrogens (primary N) is 1. The average molecular weight is 198 g/mol. The largest absolute Gasteiger partial charge is 0.381 e. The van der Waals surface area contributed by atoms with E-state index in [0.717, 1.165) is 25.7 Å². The summed E-state index contributed by atoms with van der Waals surface area (Å²) < 4.78 is 5.40. The third-order valence-electron chi connectivity index (χ3n) is 3.63. The molecular formula is C11H22N2O. The molecule has 3 heteroatoms. The van der Waals surface area contributed by atoms with Crippen molar-refractivity contribution in [2.45, 2.75) is 50.7 Å². The maximum absolute atomic E-state index is 5.97. The van der Waals surface area contributed by atoms with Crippen molar-refractivity contribution >= 4 is 0 Å². The van der Waals surface area contributed by atoms with Gasteiger partial charge in [0.15, 0.2) is 0 Å². The molecule has 0 radical (unpaired) electrons. The summed E-state index contributed by atoms with van der Waals surface area (Å²) in [6.07, 6.45) is 4.75.